The van der Waals surface area contributed by atoms with Gasteiger partial charge in [0.25, 0.3) is 0 Å². The van der Waals surface area contributed by atoms with Gasteiger partial charge < -0.3 is 9.84 Å². The highest BCUT2D eigenvalue weighted by molar-refractivity contribution is 6.06. The van der Waals surface area contributed by atoms with Crippen LogP contribution >= 0.6 is 0 Å². The molecule has 1 heterocycles. The summed E-state index contributed by atoms with van der Waals surface area (Å²) in [7, 11) is 1.29. The maximum absolute atomic E-state index is 11.9. The Labute approximate surface area is 128 Å². The predicted octanol–water partition coefficient (Wildman–Crippen LogP) is 3.70. The van der Waals surface area contributed by atoms with Crippen molar-refractivity contribution >= 4 is 16.9 Å². The van der Waals surface area contributed by atoms with Crippen molar-refractivity contribution in [3.05, 3.63) is 59.8 Å². The van der Waals surface area contributed by atoms with Crippen LogP contribution in [-0.4, -0.2) is 23.2 Å². The van der Waals surface area contributed by atoms with Gasteiger partial charge in [0.15, 0.2) is 5.75 Å². The third-order valence-corrected chi connectivity index (χ3v) is 3.58. The molecule has 0 atom stereocenters. The van der Waals surface area contributed by atoms with Gasteiger partial charge in [-0.1, -0.05) is 36.4 Å². The Hall–Kier alpha value is -2.88. The Balaban J connectivity index is 2.40. The lowest BCUT2D eigenvalue weighted by atomic mass is 9.97. The third-order valence-electron chi connectivity index (χ3n) is 3.58. The van der Waals surface area contributed by atoms with E-state index >= 15 is 0 Å². The normalized spacial score (nSPS) is 10.6. The van der Waals surface area contributed by atoms with E-state index in [1.54, 1.807) is 6.07 Å². The molecule has 0 saturated heterocycles. The Morgan fingerprint density at radius 1 is 1.14 bits per heavy atom. The zero-order chi connectivity index (χ0) is 15.7. The predicted molar refractivity (Wildman–Crippen MR) is 84.9 cm³/mol. The number of aryl methyl sites for hydroxylation is 1. The van der Waals surface area contributed by atoms with Crippen LogP contribution in [0.15, 0.2) is 48.5 Å². The van der Waals surface area contributed by atoms with Crippen LogP contribution in [0.25, 0.3) is 22.0 Å². The number of phenols is 1. The largest absolute Gasteiger partial charge is 0.505 e. The summed E-state index contributed by atoms with van der Waals surface area (Å²) in [5.74, 6) is -0.731. The lowest BCUT2D eigenvalue weighted by Crippen LogP contribution is -2.03. The minimum absolute atomic E-state index is 0.118. The second-order valence-corrected chi connectivity index (χ2v) is 5.03. The second kappa shape index (κ2) is 5.48. The number of ether oxygens (including phenoxy) is 1. The number of nitrogens with zero attached hydrogens (tertiary/aromatic N) is 1. The molecule has 4 heteroatoms. The molecule has 22 heavy (non-hydrogen) atoms. The quantitative estimate of drug-likeness (QED) is 0.732. The first-order chi connectivity index (χ1) is 10.6. The molecular weight excluding hydrogens is 278 g/mol. The van der Waals surface area contributed by atoms with Gasteiger partial charge in [0.2, 0.25) is 0 Å². The molecule has 4 nitrogen and oxygen atoms in total. The van der Waals surface area contributed by atoms with Gasteiger partial charge in [-0.15, -0.1) is 0 Å². The van der Waals surface area contributed by atoms with Crippen molar-refractivity contribution < 1.29 is 14.6 Å². The zero-order valence-corrected chi connectivity index (χ0v) is 12.3. The molecule has 0 aliphatic carbocycles. The minimum atomic E-state index is -0.583. The number of carbonyl (C=O) groups is 1. The molecule has 0 amide bonds. The van der Waals surface area contributed by atoms with E-state index in [0.717, 1.165) is 22.2 Å². The van der Waals surface area contributed by atoms with E-state index in [2.05, 4.69) is 4.98 Å². The molecule has 0 spiro atoms. The molecule has 110 valence electrons. The Kier molecular flexibility index (Phi) is 3.51. The number of methoxy groups -OCH3 is 1. The monoisotopic (exact) mass is 293 g/mol. The fraction of sp³-hybridized carbons (Fsp3) is 0.111. The average Bonchev–Trinajstić information content (AvgIpc) is 2.56. The number of benzene rings is 2. The molecule has 0 fully saturated rings. The molecule has 0 aliphatic rings. The summed E-state index contributed by atoms with van der Waals surface area (Å²) in [6, 6.07) is 15.1. The SMILES string of the molecule is COC(=O)c1cc(-c2ccccc2)c2ccc(C)nc2c1O. The van der Waals surface area contributed by atoms with Crippen molar-refractivity contribution in [3.8, 4) is 16.9 Å². The molecule has 2 aromatic carbocycles. The molecule has 0 bridgehead atoms. The van der Waals surface area contributed by atoms with Crippen LogP contribution in [0.2, 0.25) is 0 Å². The number of carbonyl (C=O) groups excluding carboxylic acids is 1. The van der Waals surface area contributed by atoms with Gasteiger partial charge in [0, 0.05) is 11.1 Å². The number of fused-ring (bicyclic) bond motifs is 1. The highest BCUT2D eigenvalue weighted by Gasteiger charge is 2.19. The highest BCUT2D eigenvalue weighted by Crippen LogP contribution is 2.36. The van der Waals surface area contributed by atoms with Crippen LogP contribution in [0.4, 0.5) is 0 Å². The van der Waals surface area contributed by atoms with Gasteiger partial charge in [-0.3, -0.25) is 0 Å². The van der Waals surface area contributed by atoms with Gasteiger partial charge in [-0.25, -0.2) is 9.78 Å². The lowest BCUT2D eigenvalue weighted by molar-refractivity contribution is 0.0598. The van der Waals surface area contributed by atoms with Crippen LogP contribution in [0.3, 0.4) is 0 Å². The first kappa shape index (κ1) is 14.1. The number of hydrogen-bond acceptors (Lipinski definition) is 4. The topological polar surface area (TPSA) is 59.4 Å². The van der Waals surface area contributed by atoms with E-state index in [4.69, 9.17) is 4.74 Å². The van der Waals surface area contributed by atoms with Crippen molar-refractivity contribution in [2.75, 3.05) is 7.11 Å². The molecule has 1 N–H and O–H groups in total. The van der Waals surface area contributed by atoms with Crippen molar-refractivity contribution in [1.29, 1.82) is 0 Å². The minimum Gasteiger partial charge on any atom is -0.505 e. The van der Waals surface area contributed by atoms with E-state index < -0.39 is 5.97 Å². The molecule has 0 aliphatic heterocycles. The summed E-state index contributed by atoms with van der Waals surface area (Å²) in [6.45, 7) is 1.84. The second-order valence-electron chi connectivity index (χ2n) is 5.03. The van der Waals surface area contributed by atoms with E-state index in [1.165, 1.54) is 7.11 Å². The summed E-state index contributed by atoms with van der Waals surface area (Å²) in [5.41, 5.74) is 3.07. The number of aromatic hydroxyl groups is 1. The maximum Gasteiger partial charge on any atom is 0.341 e. The first-order valence-corrected chi connectivity index (χ1v) is 6.89. The molecule has 1 aromatic heterocycles. The standard InChI is InChI=1S/C18H15NO3/c1-11-8-9-13-14(12-6-4-3-5-7-12)10-15(18(21)22-2)17(20)16(13)19-11/h3-10,20H,1-2H3. The summed E-state index contributed by atoms with van der Waals surface area (Å²) < 4.78 is 4.76. The molecular formula is C18H15NO3. The summed E-state index contributed by atoms with van der Waals surface area (Å²) in [5, 5.41) is 11.2. The average molecular weight is 293 g/mol. The first-order valence-electron chi connectivity index (χ1n) is 6.89. The van der Waals surface area contributed by atoms with Crippen molar-refractivity contribution in [3.63, 3.8) is 0 Å². The van der Waals surface area contributed by atoms with Crippen LogP contribution < -0.4 is 0 Å². The lowest BCUT2D eigenvalue weighted by Gasteiger charge is -2.12. The van der Waals surface area contributed by atoms with Crippen LogP contribution in [0, 0.1) is 6.92 Å². The molecule has 3 aromatic rings. The van der Waals surface area contributed by atoms with Crippen molar-refractivity contribution in [1.82, 2.24) is 4.98 Å². The Morgan fingerprint density at radius 3 is 2.55 bits per heavy atom. The number of hydrogen-bond donors (Lipinski definition) is 1. The Bertz CT molecular complexity index is 857. The molecule has 3 rings (SSSR count). The number of aromatic nitrogens is 1. The molecule has 0 saturated carbocycles. The summed E-state index contributed by atoms with van der Waals surface area (Å²) >= 11 is 0. The van der Waals surface area contributed by atoms with Gasteiger partial charge in [-0.05, 0) is 30.2 Å². The number of esters is 1. The van der Waals surface area contributed by atoms with E-state index in [1.807, 2.05) is 49.4 Å². The van der Waals surface area contributed by atoms with Gasteiger partial charge in [-0.2, -0.15) is 0 Å². The third kappa shape index (κ3) is 2.29. The summed E-state index contributed by atoms with van der Waals surface area (Å²) in [4.78, 5) is 16.3. The fourth-order valence-corrected chi connectivity index (χ4v) is 2.49. The smallest absolute Gasteiger partial charge is 0.341 e. The Morgan fingerprint density at radius 2 is 1.86 bits per heavy atom. The van der Waals surface area contributed by atoms with Crippen molar-refractivity contribution in [2.24, 2.45) is 0 Å². The number of pyridine rings is 1. The van der Waals surface area contributed by atoms with Crippen LogP contribution in [0.1, 0.15) is 16.1 Å². The number of phenolic OH excluding ortho intramolecular Hbond substituents is 1. The molecule has 0 unspecified atom stereocenters. The number of rotatable bonds is 2. The fourth-order valence-electron chi connectivity index (χ4n) is 2.49. The van der Waals surface area contributed by atoms with Crippen molar-refractivity contribution in [2.45, 2.75) is 6.92 Å². The molecule has 0 radical (unpaired) electrons. The van der Waals surface area contributed by atoms with E-state index in [-0.39, 0.29) is 11.3 Å². The van der Waals surface area contributed by atoms with E-state index in [9.17, 15) is 9.90 Å². The zero-order valence-electron chi connectivity index (χ0n) is 12.3. The van der Waals surface area contributed by atoms with Gasteiger partial charge >= 0.3 is 5.97 Å². The van der Waals surface area contributed by atoms with Crippen LogP contribution in [-0.2, 0) is 4.74 Å². The van der Waals surface area contributed by atoms with E-state index in [0.29, 0.717) is 5.52 Å². The van der Waals surface area contributed by atoms with Gasteiger partial charge in [0.05, 0.1) is 7.11 Å². The van der Waals surface area contributed by atoms with Gasteiger partial charge in [0.1, 0.15) is 11.1 Å². The van der Waals surface area contributed by atoms with Crippen LogP contribution in [0.5, 0.6) is 5.75 Å². The summed E-state index contributed by atoms with van der Waals surface area (Å²) in [6.07, 6.45) is 0. The maximum atomic E-state index is 11.9. The highest BCUT2D eigenvalue weighted by atomic mass is 16.5.